The van der Waals surface area contributed by atoms with Gasteiger partial charge < -0.3 is 9.80 Å². The van der Waals surface area contributed by atoms with E-state index in [1.807, 2.05) is 11.3 Å². The Morgan fingerprint density at radius 2 is 1.35 bits per heavy atom. The first-order chi connectivity index (χ1) is 24.5. The molecule has 5 aromatic carbocycles. The van der Waals surface area contributed by atoms with E-state index in [1.165, 1.54) is 108 Å². The highest BCUT2D eigenvalue weighted by atomic mass is 32.1. The molecule has 2 unspecified atom stereocenters. The molecular weight excluding hydrogens is 649 g/mol. The van der Waals surface area contributed by atoms with E-state index in [1.54, 1.807) is 0 Å². The second-order valence-electron chi connectivity index (χ2n) is 18.4. The van der Waals surface area contributed by atoms with Crippen LogP contribution >= 0.6 is 11.3 Å². The SMILES string of the molecule is Cc1cc(N(c2c(C)cc(C(C)(C)C)cc2C)c2cccc3sc4ccccc4c23)cc(N2c3ccc(C(C)(C)C)cc3C3(C)CCCCC23C)c1. The highest BCUT2D eigenvalue weighted by molar-refractivity contribution is 7.26. The van der Waals surface area contributed by atoms with Gasteiger partial charge >= 0.3 is 0 Å². The molecule has 0 saturated heterocycles. The fourth-order valence-corrected chi connectivity index (χ4v) is 10.8. The standard InChI is InChI=1S/C49H56N2S/c1-31-25-36(30-37(26-31)51-40-22-21-34(46(4,5)6)29-39(40)48(10)23-14-15-24-49(48,51)11)50(45-32(2)27-35(28-33(45)3)47(7,8)9)41-18-16-20-43-44(41)38-17-12-13-19-42(38)52-43/h12-13,16-22,25-30H,14-15,23-24H2,1-11H3. The molecule has 6 aromatic rings. The van der Waals surface area contributed by atoms with Crippen LogP contribution < -0.4 is 9.80 Å². The van der Waals surface area contributed by atoms with Crippen molar-refractivity contribution in [2.45, 2.75) is 124 Å². The number of fused-ring (bicyclic) bond motifs is 6. The van der Waals surface area contributed by atoms with Crippen molar-refractivity contribution in [3.05, 3.63) is 124 Å². The Morgan fingerprint density at radius 1 is 0.673 bits per heavy atom. The molecule has 1 saturated carbocycles. The van der Waals surface area contributed by atoms with E-state index < -0.39 is 0 Å². The van der Waals surface area contributed by atoms with Crippen LogP contribution in [0, 0.1) is 20.8 Å². The van der Waals surface area contributed by atoms with Gasteiger partial charge in [0, 0.05) is 42.6 Å². The lowest BCUT2D eigenvalue weighted by Gasteiger charge is -2.50. The minimum absolute atomic E-state index is 0.0241. The fraction of sp³-hybridized carbons (Fsp3) is 0.388. The second kappa shape index (κ2) is 12.0. The Bertz CT molecular complexity index is 2340. The quantitative estimate of drug-likeness (QED) is 0.180. The summed E-state index contributed by atoms with van der Waals surface area (Å²) in [7, 11) is 0. The number of thiophene rings is 1. The average Bonchev–Trinajstić information content (AvgIpc) is 3.55. The summed E-state index contributed by atoms with van der Waals surface area (Å²) >= 11 is 1.90. The molecule has 0 N–H and O–H groups in total. The molecule has 2 nitrogen and oxygen atoms in total. The molecule has 1 aromatic heterocycles. The molecule has 2 heterocycles. The van der Waals surface area contributed by atoms with Gasteiger partial charge in [0.2, 0.25) is 0 Å². The van der Waals surface area contributed by atoms with Crippen molar-refractivity contribution in [1.29, 1.82) is 0 Å². The van der Waals surface area contributed by atoms with E-state index >= 15 is 0 Å². The number of hydrogen-bond acceptors (Lipinski definition) is 3. The molecule has 0 spiro atoms. The van der Waals surface area contributed by atoms with Gasteiger partial charge in [-0.25, -0.2) is 0 Å². The maximum Gasteiger partial charge on any atom is 0.0555 e. The van der Waals surface area contributed by atoms with Crippen LogP contribution in [0.3, 0.4) is 0 Å². The number of aryl methyl sites for hydroxylation is 3. The van der Waals surface area contributed by atoms with E-state index in [0.29, 0.717) is 0 Å². The normalized spacial score (nSPS) is 20.4. The fourth-order valence-electron chi connectivity index (χ4n) is 9.68. The Kier molecular flexibility index (Phi) is 8.05. The van der Waals surface area contributed by atoms with Crippen LogP contribution in [0.5, 0.6) is 0 Å². The van der Waals surface area contributed by atoms with Gasteiger partial charge in [-0.3, -0.25) is 0 Å². The summed E-state index contributed by atoms with van der Waals surface area (Å²) in [4.78, 5) is 5.35. The molecule has 8 rings (SSSR count). The average molecular weight is 705 g/mol. The zero-order valence-electron chi connectivity index (χ0n) is 33.3. The van der Waals surface area contributed by atoms with Crippen molar-refractivity contribution in [2.75, 3.05) is 9.80 Å². The Morgan fingerprint density at radius 3 is 2.06 bits per heavy atom. The van der Waals surface area contributed by atoms with Gasteiger partial charge in [-0.05, 0) is 127 Å². The van der Waals surface area contributed by atoms with Crippen LogP contribution in [0.25, 0.3) is 20.2 Å². The maximum atomic E-state index is 2.76. The first-order valence-electron chi connectivity index (χ1n) is 19.4. The highest BCUT2D eigenvalue weighted by Gasteiger charge is 2.57. The summed E-state index contributed by atoms with van der Waals surface area (Å²) in [5, 5.41) is 2.66. The van der Waals surface area contributed by atoms with E-state index in [-0.39, 0.29) is 21.8 Å². The summed E-state index contributed by atoms with van der Waals surface area (Å²) < 4.78 is 2.66. The minimum Gasteiger partial charge on any atom is -0.334 e. The monoisotopic (exact) mass is 704 g/mol. The summed E-state index contributed by atoms with van der Waals surface area (Å²) in [6, 6.07) is 35.4. The molecule has 268 valence electrons. The van der Waals surface area contributed by atoms with Gasteiger partial charge in [0.05, 0.1) is 16.9 Å². The first kappa shape index (κ1) is 35.0. The van der Waals surface area contributed by atoms with E-state index in [9.17, 15) is 0 Å². The molecule has 0 amide bonds. The molecule has 1 fully saturated rings. The van der Waals surface area contributed by atoms with Crippen molar-refractivity contribution in [1.82, 2.24) is 0 Å². The smallest absolute Gasteiger partial charge is 0.0555 e. The summed E-state index contributed by atoms with van der Waals surface area (Å²) in [5.74, 6) is 0. The van der Waals surface area contributed by atoms with Gasteiger partial charge in [0.25, 0.3) is 0 Å². The van der Waals surface area contributed by atoms with Crippen LogP contribution in [0.1, 0.15) is 114 Å². The largest absolute Gasteiger partial charge is 0.334 e. The predicted molar refractivity (Wildman–Crippen MR) is 228 cm³/mol. The zero-order valence-corrected chi connectivity index (χ0v) is 34.1. The van der Waals surface area contributed by atoms with Crippen molar-refractivity contribution >= 4 is 59.9 Å². The highest BCUT2D eigenvalue weighted by Crippen LogP contribution is 2.61. The summed E-state index contributed by atoms with van der Waals surface area (Å²) in [5.41, 5.74) is 14.9. The van der Waals surface area contributed by atoms with Gasteiger partial charge in [-0.15, -0.1) is 11.3 Å². The van der Waals surface area contributed by atoms with Crippen molar-refractivity contribution in [2.24, 2.45) is 0 Å². The summed E-state index contributed by atoms with van der Waals surface area (Å²) in [6.07, 6.45) is 4.95. The molecule has 2 aliphatic rings. The Balaban J connectivity index is 1.40. The lowest BCUT2D eigenvalue weighted by atomic mass is 9.61. The maximum absolute atomic E-state index is 2.76. The third-order valence-electron chi connectivity index (χ3n) is 12.7. The van der Waals surface area contributed by atoms with Crippen LogP contribution in [0.4, 0.5) is 28.4 Å². The lowest BCUT2D eigenvalue weighted by molar-refractivity contribution is 0.195. The molecule has 2 atom stereocenters. The number of nitrogens with zero attached hydrogens (tertiary/aromatic N) is 2. The Hall–Kier alpha value is -4.08. The molecule has 1 aliphatic heterocycles. The number of benzene rings is 5. The van der Waals surface area contributed by atoms with Gasteiger partial charge in [-0.2, -0.15) is 0 Å². The number of hydrogen-bond donors (Lipinski definition) is 0. The predicted octanol–water partition coefficient (Wildman–Crippen LogP) is 14.8. The topological polar surface area (TPSA) is 6.48 Å². The Labute approximate surface area is 316 Å². The van der Waals surface area contributed by atoms with Gasteiger partial charge in [0.15, 0.2) is 0 Å². The van der Waals surface area contributed by atoms with Crippen LogP contribution in [-0.4, -0.2) is 5.54 Å². The molecule has 1 aliphatic carbocycles. The zero-order chi connectivity index (χ0) is 37.0. The third kappa shape index (κ3) is 5.32. The first-order valence-corrected chi connectivity index (χ1v) is 20.2. The second-order valence-corrected chi connectivity index (χ2v) is 19.5. The van der Waals surface area contributed by atoms with Gasteiger partial charge in [-0.1, -0.05) is 110 Å². The molecule has 0 radical (unpaired) electrons. The van der Waals surface area contributed by atoms with Crippen molar-refractivity contribution in [3.8, 4) is 0 Å². The molecule has 0 bridgehead atoms. The van der Waals surface area contributed by atoms with Crippen LogP contribution in [-0.2, 0) is 16.2 Å². The van der Waals surface area contributed by atoms with Crippen molar-refractivity contribution < 1.29 is 0 Å². The lowest BCUT2D eigenvalue weighted by Crippen LogP contribution is -2.54. The van der Waals surface area contributed by atoms with Crippen LogP contribution in [0.2, 0.25) is 0 Å². The van der Waals surface area contributed by atoms with Crippen LogP contribution in [0.15, 0.2) is 91.0 Å². The molecule has 52 heavy (non-hydrogen) atoms. The number of rotatable bonds is 4. The van der Waals surface area contributed by atoms with Gasteiger partial charge in [0.1, 0.15) is 0 Å². The van der Waals surface area contributed by atoms with E-state index in [0.717, 1.165) is 0 Å². The third-order valence-corrected chi connectivity index (χ3v) is 13.9. The van der Waals surface area contributed by atoms with E-state index in [2.05, 4.69) is 177 Å². The summed E-state index contributed by atoms with van der Waals surface area (Å²) in [6.45, 7) is 26.0. The van der Waals surface area contributed by atoms with Crippen molar-refractivity contribution in [3.63, 3.8) is 0 Å². The minimum atomic E-state index is -0.0241. The van der Waals surface area contributed by atoms with E-state index in [4.69, 9.17) is 0 Å². The molecular formula is C49H56N2S. The number of anilines is 5. The molecule has 3 heteroatoms.